The van der Waals surface area contributed by atoms with Gasteiger partial charge in [-0.25, -0.2) is 13.5 Å². The van der Waals surface area contributed by atoms with Crippen LogP contribution < -0.4 is 0 Å². The molecule has 14 heteroatoms. The molecule has 0 radical (unpaired) electrons. The van der Waals surface area contributed by atoms with Gasteiger partial charge in [-0.05, 0) is 23.9 Å². The van der Waals surface area contributed by atoms with Gasteiger partial charge < -0.3 is 0 Å². The first-order valence-corrected chi connectivity index (χ1v) is 8.72. The van der Waals surface area contributed by atoms with E-state index in [2.05, 4.69) is 5.10 Å². The second-order valence-electron chi connectivity index (χ2n) is 4.72. The quantitative estimate of drug-likeness (QED) is 0.260. The standard InChI is InChI=1S/C13H3Cl4F6N3S/c14-5-1-4(12(20,21)22)2-6(15)8(5)26-9(11(18)19)10(7(3-24)25-26)27-13(16,17)23/h1-2,11H. The van der Waals surface area contributed by atoms with Crippen LogP contribution >= 0.6 is 58.2 Å². The van der Waals surface area contributed by atoms with Crippen molar-refractivity contribution in [2.45, 2.75) is 21.4 Å². The van der Waals surface area contributed by atoms with Crippen LogP contribution in [0.4, 0.5) is 26.3 Å². The van der Waals surface area contributed by atoms with E-state index < -0.39 is 54.1 Å². The van der Waals surface area contributed by atoms with Crippen molar-refractivity contribution in [3.8, 4) is 11.8 Å². The van der Waals surface area contributed by atoms with E-state index in [0.29, 0.717) is 16.8 Å². The first-order valence-electron chi connectivity index (χ1n) is 6.39. The summed E-state index contributed by atoms with van der Waals surface area (Å²) in [6, 6.07) is 2.33. The molecule has 0 amide bonds. The summed E-state index contributed by atoms with van der Waals surface area (Å²) in [7, 11) is 0. The number of nitriles is 1. The van der Waals surface area contributed by atoms with Gasteiger partial charge in [0.2, 0.25) is 0 Å². The van der Waals surface area contributed by atoms with E-state index in [4.69, 9.17) is 51.7 Å². The molecule has 0 saturated heterocycles. The molecule has 0 aliphatic rings. The molecule has 0 atom stereocenters. The minimum atomic E-state index is -4.80. The lowest BCUT2D eigenvalue weighted by atomic mass is 10.2. The fraction of sp³-hybridized carbons (Fsp3) is 0.231. The molecule has 146 valence electrons. The maximum atomic E-state index is 13.6. The van der Waals surface area contributed by atoms with Gasteiger partial charge in [0.25, 0.3) is 6.43 Å². The van der Waals surface area contributed by atoms with Crippen LogP contribution in [-0.4, -0.2) is 13.7 Å². The maximum Gasteiger partial charge on any atom is 0.416 e. The predicted octanol–water partition coefficient (Wildman–Crippen LogP) is 7.16. The van der Waals surface area contributed by atoms with Crippen molar-refractivity contribution < 1.29 is 26.3 Å². The number of thioether (sulfide) groups is 1. The van der Waals surface area contributed by atoms with Gasteiger partial charge >= 0.3 is 10.1 Å². The number of nitrogens with zero attached hydrogens (tertiary/aromatic N) is 3. The van der Waals surface area contributed by atoms with Gasteiger partial charge in [-0.3, -0.25) is 0 Å². The van der Waals surface area contributed by atoms with Crippen molar-refractivity contribution in [1.82, 2.24) is 9.78 Å². The lowest BCUT2D eigenvalue weighted by Crippen LogP contribution is -2.09. The number of benzene rings is 1. The van der Waals surface area contributed by atoms with Gasteiger partial charge in [-0.15, -0.1) is 0 Å². The SMILES string of the molecule is N#Cc1nn(-c2c(Cl)cc(C(F)(F)F)cc2Cl)c(C(F)F)c1SC(F)(Cl)Cl. The number of hydrogen-bond donors (Lipinski definition) is 0. The molecule has 0 bridgehead atoms. The van der Waals surface area contributed by atoms with Crippen molar-refractivity contribution in [3.63, 3.8) is 0 Å². The molecule has 1 aromatic heterocycles. The Morgan fingerprint density at radius 2 is 1.63 bits per heavy atom. The highest BCUT2D eigenvalue weighted by atomic mass is 35.5. The Morgan fingerprint density at radius 3 is 2.00 bits per heavy atom. The molecule has 0 saturated carbocycles. The third-order valence-electron chi connectivity index (χ3n) is 2.96. The molecule has 0 unspecified atom stereocenters. The molecule has 0 N–H and O–H groups in total. The van der Waals surface area contributed by atoms with Crippen LogP contribution in [0.25, 0.3) is 5.69 Å². The van der Waals surface area contributed by atoms with E-state index in [1.807, 2.05) is 0 Å². The summed E-state index contributed by atoms with van der Waals surface area (Å²) in [6.45, 7) is 0. The number of aromatic nitrogens is 2. The second kappa shape index (κ2) is 7.79. The number of rotatable bonds is 4. The van der Waals surface area contributed by atoms with Crippen LogP contribution in [0.1, 0.15) is 23.4 Å². The fourth-order valence-electron chi connectivity index (χ4n) is 2.00. The Labute approximate surface area is 171 Å². The lowest BCUT2D eigenvalue weighted by Gasteiger charge is -2.15. The van der Waals surface area contributed by atoms with Crippen molar-refractivity contribution in [1.29, 1.82) is 5.26 Å². The van der Waals surface area contributed by atoms with E-state index in [0.717, 1.165) is 0 Å². The zero-order valence-electron chi connectivity index (χ0n) is 12.3. The van der Waals surface area contributed by atoms with E-state index in [1.54, 1.807) is 0 Å². The Hall–Kier alpha value is -0.990. The largest absolute Gasteiger partial charge is 0.416 e. The summed E-state index contributed by atoms with van der Waals surface area (Å²) in [5.74, 6) is 0. The molecule has 0 fully saturated rings. The molecule has 0 aliphatic heterocycles. The van der Waals surface area contributed by atoms with Crippen molar-refractivity contribution in [2.75, 3.05) is 0 Å². The average molecular weight is 489 g/mol. The molecule has 3 nitrogen and oxygen atoms in total. The minimum Gasteiger partial charge on any atom is -0.226 e. The smallest absolute Gasteiger partial charge is 0.226 e. The molecular formula is C13H3Cl4F6N3S. The minimum absolute atomic E-state index is 0.146. The molecule has 0 spiro atoms. The van der Waals surface area contributed by atoms with Crippen LogP contribution in [0.2, 0.25) is 10.0 Å². The van der Waals surface area contributed by atoms with Crippen LogP contribution in [-0.2, 0) is 6.18 Å². The average Bonchev–Trinajstić information content (AvgIpc) is 2.81. The van der Waals surface area contributed by atoms with Crippen LogP contribution in [0, 0.1) is 11.3 Å². The molecule has 2 rings (SSSR count). The molecule has 1 heterocycles. The zero-order chi connectivity index (χ0) is 20.7. The molecule has 0 aliphatic carbocycles. The summed E-state index contributed by atoms with van der Waals surface area (Å²) >= 11 is 21.7. The maximum absolute atomic E-state index is 13.6. The third kappa shape index (κ3) is 4.90. The van der Waals surface area contributed by atoms with Crippen LogP contribution in [0.5, 0.6) is 0 Å². The highest BCUT2D eigenvalue weighted by Gasteiger charge is 2.36. The molecular weight excluding hydrogens is 486 g/mol. The zero-order valence-corrected chi connectivity index (χ0v) is 16.1. The number of hydrogen-bond acceptors (Lipinski definition) is 3. The Bertz CT molecular complexity index is 893. The van der Waals surface area contributed by atoms with E-state index in [-0.39, 0.29) is 11.8 Å². The van der Waals surface area contributed by atoms with Crippen LogP contribution in [0.3, 0.4) is 0 Å². The second-order valence-corrected chi connectivity index (χ2v) is 8.39. The van der Waals surface area contributed by atoms with E-state index in [1.165, 1.54) is 6.07 Å². The van der Waals surface area contributed by atoms with Crippen LogP contribution in [0.15, 0.2) is 17.0 Å². The summed E-state index contributed by atoms with van der Waals surface area (Å²) in [4.78, 5) is -0.716. The highest BCUT2D eigenvalue weighted by molar-refractivity contribution is 8.03. The lowest BCUT2D eigenvalue weighted by molar-refractivity contribution is -0.137. The first kappa shape index (κ1) is 22.3. The Balaban J connectivity index is 2.79. The third-order valence-corrected chi connectivity index (χ3v) is 4.84. The van der Waals surface area contributed by atoms with Crippen molar-refractivity contribution >= 4 is 58.2 Å². The first-order chi connectivity index (χ1) is 12.3. The predicted molar refractivity (Wildman–Crippen MR) is 89.7 cm³/mol. The van der Waals surface area contributed by atoms with Crippen molar-refractivity contribution in [3.05, 3.63) is 39.1 Å². The summed E-state index contributed by atoms with van der Waals surface area (Å²) in [5.41, 5.74) is -3.56. The van der Waals surface area contributed by atoms with E-state index in [9.17, 15) is 26.3 Å². The Kier molecular flexibility index (Phi) is 6.44. The van der Waals surface area contributed by atoms with Gasteiger partial charge in [0.15, 0.2) is 5.69 Å². The Morgan fingerprint density at radius 1 is 1.11 bits per heavy atom. The monoisotopic (exact) mass is 487 g/mol. The number of halogens is 10. The number of alkyl halides is 8. The van der Waals surface area contributed by atoms with Gasteiger partial charge in [-0.1, -0.05) is 46.4 Å². The topological polar surface area (TPSA) is 41.6 Å². The van der Waals surface area contributed by atoms with Gasteiger partial charge in [-0.2, -0.15) is 27.9 Å². The summed E-state index contributed by atoms with van der Waals surface area (Å²) in [6.07, 6.45) is -8.15. The summed E-state index contributed by atoms with van der Waals surface area (Å²) in [5, 5.41) is 11.2. The molecule has 2 aromatic rings. The fourth-order valence-corrected chi connectivity index (χ4v) is 3.80. The molecule has 27 heavy (non-hydrogen) atoms. The molecule has 1 aromatic carbocycles. The van der Waals surface area contributed by atoms with Gasteiger partial charge in [0.05, 0.1) is 20.5 Å². The van der Waals surface area contributed by atoms with E-state index >= 15 is 0 Å². The normalized spacial score (nSPS) is 12.5. The summed E-state index contributed by atoms with van der Waals surface area (Å²) < 4.78 is 76.4. The highest BCUT2D eigenvalue weighted by Crippen LogP contribution is 2.47. The van der Waals surface area contributed by atoms with Gasteiger partial charge in [0, 0.05) is 0 Å². The van der Waals surface area contributed by atoms with Gasteiger partial charge in [0.1, 0.15) is 17.5 Å². The van der Waals surface area contributed by atoms with Crippen molar-refractivity contribution in [2.24, 2.45) is 0 Å².